The monoisotopic (exact) mass is 346 g/mol. The summed E-state index contributed by atoms with van der Waals surface area (Å²) in [6, 6.07) is 0.711. The first kappa shape index (κ1) is 16.9. The normalized spacial score (nSPS) is 30.7. The zero-order valence-electron chi connectivity index (χ0n) is 15.7. The number of piperidine rings is 1. The van der Waals surface area contributed by atoms with Crippen molar-refractivity contribution in [2.24, 2.45) is 12.5 Å². The van der Waals surface area contributed by atoms with Gasteiger partial charge < -0.3 is 14.5 Å². The van der Waals surface area contributed by atoms with Gasteiger partial charge in [0.1, 0.15) is 0 Å². The second kappa shape index (κ2) is 6.31. The fraction of sp³-hybridized carbons (Fsp3) is 0.789. The number of carbonyl (C=O) groups excluding carboxylic acids is 1. The molecule has 1 amide bonds. The summed E-state index contributed by atoms with van der Waals surface area (Å²) in [4.78, 5) is 16.3. The predicted molar refractivity (Wildman–Crippen MR) is 95.5 cm³/mol. The van der Waals surface area contributed by atoms with Crippen LogP contribution in [0.3, 0.4) is 0 Å². The summed E-state index contributed by atoms with van der Waals surface area (Å²) < 4.78 is 6.82. The largest absolute Gasteiger partial charge is 0.453 e. The van der Waals surface area contributed by atoms with Gasteiger partial charge in [-0.25, -0.2) is 4.79 Å². The van der Waals surface area contributed by atoms with Crippen LogP contribution in [0.2, 0.25) is 0 Å². The third-order valence-electron chi connectivity index (χ3n) is 6.69. The van der Waals surface area contributed by atoms with Gasteiger partial charge in [-0.3, -0.25) is 4.68 Å². The van der Waals surface area contributed by atoms with Crippen molar-refractivity contribution >= 4 is 6.09 Å². The molecule has 3 heterocycles. The number of hydrogen-bond donors (Lipinski definition) is 0. The molecule has 1 aromatic heterocycles. The van der Waals surface area contributed by atoms with E-state index in [-0.39, 0.29) is 6.09 Å². The van der Waals surface area contributed by atoms with Crippen LogP contribution in [0.1, 0.15) is 49.3 Å². The van der Waals surface area contributed by atoms with Crippen molar-refractivity contribution in [3.63, 3.8) is 0 Å². The number of likely N-dealkylation sites (tertiary alicyclic amines) is 2. The minimum Gasteiger partial charge on any atom is -0.453 e. The van der Waals surface area contributed by atoms with E-state index >= 15 is 0 Å². The van der Waals surface area contributed by atoms with E-state index in [1.165, 1.54) is 57.1 Å². The Morgan fingerprint density at radius 1 is 1.28 bits per heavy atom. The zero-order valence-corrected chi connectivity index (χ0v) is 15.7. The van der Waals surface area contributed by atoms with E-state index in [0.717, 1.165) is 19.5 Å². The molecule has 0 aromatic carbocycles. The number of methoxy groups -OCH3 is 1. The van der Waals surface area contributed by atoms with Gasteiger partial charge in [-0.15, -0.1) is 0 Å². The fourth-order valence-electron chi connectivity index (χ4n) is 5.32. The lowest BCUT2D eigenvalue weighted by molar-refractivity contribution is -0.00451. The van der Waals surface area contributed by atoms with E-state index in [0.29, 0.717) is 17.4 Å². The summed E-state index contributed by atoms with van der Waals surface area (Å²) in [6.07, 6.45) is 8.03. The first-order valence-corrected chi connectivity index (χ1v) is 9.57. The van der Waals surface area contributed by atoms with Crippen LogP contribution in [0.4, 0.5) is 4.79 Å². The molecule has 6 heteroatoms. The summed E-state index contributed by atoms with van der Waals surface area (Å²) in [7, 11) is 3.49. The van der Waals surface area contributed by atoms with Gasteiger partial charge in [0.05, 0.1) is 12.8 Å². The van der Waals surface area contributed by atoms with Crippen molar-refractivity contribution in [1.82, 2.24) is 19.6 Å². The van der Waals surface area contributed by atoms with Gasteiger partial charge in [-0.05, 0) is 63.1 Å². The number of aryl methyl sites for hydroxylation is 2. The van der Waals surface area contributed by atoms with Crippen LogP contribution in [0.15, 0.2) is 6.20 Å². The number of ether oxygens (including phenoxy) is 1. The second-order valence-corrected chi connectivity index (χ2v) is 8.38. The van der Waals surface area contributed by atoms with E-state index < -0.39 is 0 Å². The van der Waals surface area contributed by atoms with Crippen molar-refractivity contribution < 1.29 is 9.53 Å². The topological polar surface area (TPSA) is 50.6 Å². The van der Waals surface area contributed by atoms with Gasteiger partial charge in [0.25, 0.3) is 0 Å². The van der Waals surface area contributed by atoms with Gasteiger partial charge in [0.15, 0.2) is 0 Å². The number of hydrogen-bond acceptors (Lipinski definition) is 4. The molecule has 0 radical (unpaired) electrons. The van der Waals surface area contributed by atoms with Gasteiger partial charge in [-0.1, -0.05) is 0 Å². The third-order valence-corrected chi connectivity index (χ3v) is 6.69. The molecule has 0 N–H and O–H groups in total. The van der Waals surface area contributed by atoms with Crippen molar-refractivity contribution in [2.45, 2.75) is 51.0 Å². The number of amides is 1. The van der Waals surface area contributed by atoms with Crippen molar-refractivity contribution in [1.29, 1.82) is 0 Å². The quantitative estimate of drug-likeness (QED) is 0.826. The van der Waals surface area contributed by atoms with Crippen LogP contribution in [-0.4, -0.2) is 65.0 Å². The zero-order chi connectivity index (χ0) is 17.6. The molecule has 1 spiro atoms. The van der Waals surface area contributed by atoms with E-state index in [1.807, 2.05) is 16.6 Å². The molecule has 1 aliphatic carbocycles. The summed E-state index contributed by atoms with van der Waals surface area (Å²) in [5, 5.41) is 4.68. The van der Waals surface area contributed by atoms with E-state index in [1.54, 1.807) is 0 Å². The van der Waals surface area contributed by atoms with Crippen molar-refractivity contribution in [3.8, 4) is 0 Å². The number of nitrogens with zero attached hydrogens (tertiary/aromatic N) is 4. The Morgan fingerprint density at radius 2 is 2.00 bits per heavy atom. The van der Waals surface area contributed by atoms with Crippen LogP contribution in [0, 0.1) is 12.3 Å². The molecule has 138 valence electrons. The maximum atomic E-state index is 11.7. The molecule has 3 fully saturated rings. The Balaban J connectivity index is 1.28. The van der Waals surface area contributed by atoms with E-state index in [9.17, 15) is 4.79 Å². The molecule has 1 aromatic rings. The SMILES string of the molecule is COC(=O)N1CCC2(CC(N3CCC(c4nn(C)cc4C)CC3)C2)C1. The standard InChI is InChI=1S/C19H30N4O2/c1-14-12-21(2)20-17(14)15-4-7-22(8-5-15)16-10-19(11-16)6-9-23(13-19)18(24)25-3/h12,15-16H,4-11,13H2,1-3H3. The Labute approximate surface area is 150 Å². The average Bonchev–Trinajstić information content (AvgIpc) is 3.17. The van der Waals surface area contributed by atoms with E-state index in [2.05, 4.69) is 23.1 Å². The molecular weight excluding hydrogens is 316 g/mol. The third kappa shape index (κ3) is 3.05. The average molecular weight is 346 g/mol. The minimum atomic E-state index is -0.160. The van der Waals surface area contributed by atoms with Gasteiger partial charge >= 0.3 is 6.09 Å². The van der Waals surface area contributed by atoms with Crippen LogP contribution in [0.5, 0.6) is 0 Å². The number of carbonyl (C=O) groups is 1. The highest BCUT2D eigenvalue weighted by molar-refractivity contribution is 5.67. The van der Waals surface area contributed by atoms with Crippen LogP contribution < -0.4 is 0 Å². The van der Waals surface area contributed by atoms with Crippen LogP contribution in [-0.2, 0) is 11.8 Å². The maximum Gasteiger partial charge on any atom is 0.409 e. The second-order valence-electron chi connectivity index (χ2n) is 8.38. The summed E-state index contributed by atoms with van der Waals surface area (Å²) >= 11 is 0. The predicted octanol–water partition coefficient (Wildman–Crippen LogP) is 2.53. The van der Waals surface area contributed by atoms with Gasteiger partial charge in [0, 0.05) is 38.3 Å². The van der Waals surface area contributed by atoms with Crippen molar-refractivity contribution in [3.05, 3.63) is 17.5 Å². The number of aromatic nitrogens is 2. The Bertz CT molecular complexity index is 642. The minimum absolute atomic E-state index is 0.160. The lowest BCUT2D eigenvalue weighted by atomic mass is 9.64. The Kier molecular flexibility index (Phi) is 4.26. The molecule has 0 unspecified atom stereocenters. The molecule has 0 atom stereocenters. The summed E-state index contributed by atoms with van der Waals surface area (Å²) in [6.45, 7) is 6.29. The number of rotatable bonds is 2. The summed E-state index contributed by atoms with van der Waals surface area (Å²) in [5.74, 6) is 0.618. The van der Waals surface area contributed by atoms with Crippen LogP contribution in [0.25, 0.3) is 0 Å². The van der Waals surface area contributed by atoms with E-state index in [4.69, 9.17) is 4.74 Å². The first-order valence-electron chi connectivity index (χ1n) is 9.57. The Hall–Kier alpha value is -1.56. The highest BCUT2D eigenvalue weighted by Gasteiger charge is 2.51. The van der Waals surface area contributed by atoms with Gasteiger partial charge in [0.2, 0.25) is 0 Å². The van der Waals surface area contributed by atoms with Crippen molar-refractivity contribution in [2.75, 3.05) is 33.3 Å². The smallest absolute Gasteiger partial charge is 0.409 e. The molecule has 6 nitrogen and oxygen atoms in total. The highest BCUT2D eigenvalue weighted by atomic mass is 16.5. The van der Waals surface area contributed by atoms with Crippen LogP contribution >= 0.6 is 0 Å². The maximum absolute atomic E-state index is 11.7. The fourth-order valence-corrected chi connectivity index (χ4v) is 5.32. The molecule has 1 saturated carbocycles. The molecule has 2 saturated heterocycles. The first-order chi connectivity index (χ1) is 12.0. The Morgan fingerprint density at radius 3 is 2.60 bits per heavy atom. The molecule has 3 aliphatic rings. The highest BCUT2D eigenvalue weighted by Crippen LogP contribution is 2.51. The summed E-state index contributed by atoms with van der Waals surface area (Å²) in [5.41, 5.74) is 3.00. The molecular formula is C19H30N4O2. The van der Waals surface area contributed by atoms with Gasteiger partial charge in [-0.2, -0.15) is 5.10 Å². The molecule has 0 bridgehead atoms. The molecule has 25 heavy (non-hydrogen) atoms. The molecule has 4 rings (SSSR count). The molecule has 2 aliphatic heterocycles. The lowest BCUT2D eigenvalue weighted by Gasteiger charge is -2.51. The lowest BCUT2D eigenvalue weighted by Crippen LogP contribution is -2.54.